The van der Waals surface area contributed by atoms with Gasteiger partial charge in [0.25, 0.3) is 0 Å². The molecule has 0 saturated heterocycles. The van der Waals surface area contributed by atoms with E-state index in [-0.39, 0.29) is 17.9 Å². The van der Waals surface area contributed by atoms with Crippen LogP contribution in [-0.2, 0) is 11.2 Å². The van der Waals surface area contributed by atoms with Gasteiger partial charge in [-0.2, -0.15) is 0 Å². The van der Waals surface area contributed by atoms with Crippen LogP contribution in [0.1, 0.15) is 30.7 Å². The Morgan fingerprint density at radius 3 is 3.05 bits per heavy atom. The number of aryl methyl sites for hydroxylation is 1. The third kappa shape index (κ3) is 3.08. The number of benzene rings is 1. The zero-order valence-electron chi connectivity index (χ0n) is 12.3. The van der Waals surface area contributed by atoms with E-state index < -0.39 is 0 Å². The quantitative estimate of drug-likeness (QED) is 0.900. The summed E-state index contributed by atoms with van der Waals surface area (Å²) in [6.45, 7) is 2.57. The standard InChI is InChI=1S/C16H21N3O2/c1-10-3-2-4-13-15(10)19-14(21-13)7-8-18-16(20)11-5-6-12(17)9-11/h2-4,11-12H,5-9,17H2,1H3,(H,18,20). The van der Waals surface area contributed by atoms with E-state index in [0.717, 1.165) is 35.9 Å². The first-order valence-electron chi connectivity index (χ1n) is 7.52. The molecular weight excluding hydrogens is 266 g/mol. The maximum Gasteiger partial charge on any atom is 0.223 e. The van der Waals surface area contributed by atoms with Crippen molar-refractivity contribution in [1.29, 1.82) is 0 Å². The summed E-state index contributed by atoms with van der Waals surface area (Å²) < 4.78 is 5.69. The van der Waals surface area contributed by atoms with Crippen LogP contribution >= 0.6 is 0 Å². The zero-order valence-corrected chi connectivity index (χ0v) is 12.3. The van der Waals surface area contributed by atoms with Gasteiger partial charge in [0.1, 0.15) is 5.52 Å². The number of nitrogens with two attached hydrogens (primary N) is 1. The molecule has 5 nitrogen and oxygen atoms in total. The molecule has 2 aromatic rings. The van der Waals surface area contributed by atoms with Gasteiger partial charge in [-0.25, -0.2) is 4.98 Å². The lowest BCUT2D eigenvalue weighted by Gasteiger charge is -2.09. The lowest BCUT2D eigenvalue weighted by atomic mass is 10.1. The van der Waals surface area contributed by atoms with E-state index in [9.17, 15) is 4.79 Å². The number of carbonyl (C=O) groups is 1. The second-order valence-electron chi connectivity index (χ2n) is 5.84. The molecule has 0 radical (unpaired) electrons. The lowest BCUT2D eigenvalue weighted by Crippen LogP contribution is -2.31. The summed E-state index contributed by atoms with van der Waals surface area (Å²) in [5, 5.41) is 2.96. The number of para-hydroxylation sites is 1. The van der Waals surface area contributed by atoms with Crippen LogP contribution in [0.5, 0.6) is 0 Å². The van der Waals surface area contributed by atoms with Gasteiger partial charge in [-0.05, 0) is 37.8 Å². The molecule has 1 saturated carbocycles. The molecule has 21 heavy (non-hydrogen) atoms. The van der Waals surface area contributed by atoms with Crippen LogP contribution in [0.15, 0.2) is 22.6 Å². The number of nitrogens with one attached hydrogen (secondary N) is 1. The first kappa shape index (κ1) is 14.1. The molecule has 1 aromatic heterocycles. The first-order valence-corrected chi connectivity index (χ1v) is 7.52. The minimum Gasteiger partial charge on any atom is -0.441 e. The number of amides is 1. The highest BCUT2D eigenvalue weighted by atomic mass is 16.3. The number of nitrogens with zero attached hydrogens (tertiary/aromatic N) is 1. The highest BCUT2D eigenvalue weighted by Gasteiger charge is 2.27. The number of carbonyl (C=O) groups excluding carboxylic acids is 1. The third-order valence-corrected chi connectivity index (χ3v) is 4.15. The molecule has 0 aliphatic heterocycles. The van der Waals surface area contributed by atoms with Crippen molar-refractivity contribution in [3.8, 4) is 0 Å². The molecule has 0 bridgehead atoms. The van der Waals surface area contributed by atoms with E-state index in [0.29, 0.717) is 18.9 Å². The topological polar surface area (TPSA) is 81.2 Å². The van der Waals surface area contributed by atoms with Crippen LogP contribution in [0, 0.1) is 12.8 Å². The van der Waals surface area contributed by atoms with Crippen LogP contribution in [0.25, 0.3) is 11.1 Å². The number of hydrogen-bond acceptors (Lipinski definition) is 4. The number of hydrogen-bond donors (Lipinski definition) is 2. The average molecular weight is 287 g/mol. The summed E-state index contributed by atoms with van der Waals surface area (Å²) in [6, 6.07) is 6.06. The van der Waals surface area contributed by atoms with Crippen molar-refractivity contribution in [3.63, 3.8) is 0 Å². The Hall–Kier alpha value is -1.88. The predicted octanol–water partition coefficient (Wildman–Crippen LogP) is 1.92. The van der Waals surface area contributed by atoms with E-state index in [1.54, 1.807) is 0 Å². The summed E-state index contributed by atoms with van der Waals surface area (Å²) in [6.07, 6.45) is 3.25. The molecule has 3 N–H and O–H groups in total. The van der Waals surface area contributed by atoms with Crippen LogP contribution < -0.4 is 11.1 Å². The molecule has 3 rings (SSSR count). The van der Waals surface area contributed by atoms with Crippen molar-refractivity contribution in [3.05, 3.63) is 29.7 Å². The molecule has 1 aliphatic carbocycles. The molecule has 1 heterocycles. The molecule has 1 fully saturated rings. The van der Waals surface area contributed by atoms with Crippen LogP contribution in [0.4, 0.5) is 0 Å². The van der Waals surface area contributed by atoms with Crippen molar-refractivity contribution in [1.82, 2.24) is 10.3 Å². The van der Waals surface area contributed by atoms with Gasteiger partial charge >= 0.3 is 0 Å². The fourth-order valence-electron chi connectivity index (χ4n) is 2.93. The Kier molecular flexibility index (Phi) is 3.92. The first-order chi connectivity index (χ1) is 10.1. The maximum atomic E-state index is 12.0. The second-order valence-corrected chi connectivity index (χ2v) is 5.84. The van der Waals surface area contributed by atoms with Crippen molar-refractivity contribution >= 4 is 17.0 Å². The Labute approximate surface area is 123 Å². The van der Waals surface area contributed by atoms with Crippen molar-refractivity contribution in [2.45, 2.75) is 38.6 Å². The molecule has 1 amide bonds. The zero-order chi connectivity index (χ0) is 14.8. The highest BCUT2D eigenvalue weighted by Crippen LogP contribution is 2.24. The van der Waals surface area contributed by atoms with Crippen LogP contribution in [0.3, 0.4) is 0 Å². The van der Waals surface area contributed by atoms with Crippen molar-refractivity contribution in [2.75, 3.05) is 6.54 Å². The predicted molar refractivity (Wildman–Crippen MR) is 80.8 cm³/mol. The van der Waals surface area contributed by atoms with Gasteiger partial charge in [-0.15, -0.1) is 0 Å². The minimum absolute atomic E-state index is 0.0749. The second kappa shape index (κ2) is 5.85. The molecule has 2 atom stereocenters. The largest absolute Gasteiger partial charge is 0.441 e. The maximum absolute atomic E-state index is 12.0. The van der Waals surface area contributed by atoms with Crippen LogP contribution in [0.2, 0.25) is 0 Å². The Bertz CT molecular complexity index is 650. The summed E-state index contributed by atoms with van der Waals surface area (Å²) >= 11 is 0. The molecule has 112 valence electrons. The van der Waals surface area contributed by atoms with Gasteiger partial charge in [0, 0.05) is 24.9 Å². The molecule has 2 unspecified atom stereocenters. The van der Waals surface area contributed by atoms with E-state index in [2.05, 4.69) is 10.3 Å². The average Bonchev–Trinajstić information content (AvgIpc) is 3.05. The number of rotatable bonds is 4. The molecule has 1 aliphatic rings. The van der Waals surface area contributed by atoms with Crippen LogP contribution in [-0.4, -0.2) is 23.5 Å². The van der Waals surface area contributed by atoms with E-state index in [4.69, 9.17) is 10.2 Å². The van der Waals surface area contributed by atoms with Gasteiger partial charge < -0.3 is 15.5 Å². The Morgan fingerprint density at radius 2 is 2.33 bits per heavy atom. The fraction of sp³-hybridized carbons (Fsp3) is 0.500. The third-order valence-electron chi connectivity index (χ3n) is 4.15. The SMILES string of the molecule is Cc1cccc2oc(CCNC(=O)C3CCC(N)C3)nc12. The smallest absolute Gasteiger partial charge is 0.223 e. The van der Waals surface area contributed by atoms with Gasteiger partial charge in [0.15, 0.2) is 11.5 Å². The van der Waals surface area contributed by atoms with E-state index >= 15 is 0 Å². The molecule has 0 spiro atoms. The van der Waals surface area contributed by atoms with E-state index in [1.807, 2.05) is 25.1 Å². The summed E-state index contributed by atoms with van der Waals surface area (Å²) in [7, 11) is 0. The van der Waals surface area contributed by atoms with Gasteiger partial charge in [-0.3, -0.25) is 4.79 Å². The molecule has 1 aromatic carbocycles. The Morgan fingerprint density at radius 1 is 1.48 bits per heavy atom. The summed E-state index contributed by atoms with van der Waals surface area (Å²) in [4.78, 5) is 16.5. The van der Waals surface area contributed by atoms with Gasteiger partial charge in [0.2, 0.25) is 5.91 Å². The molecular formula is C16H21N3O2. The normalized spacial score (nSPS) is 21.8. The Balaban J connectivity index is 1.54. The van der Waals surface area contributed by atoms with Gasteiger partial charge in [0.05, 0.1) is 0 Å². The summed E-state index contributed by atoms with van der Waals surface area (Å²) in [5.41, 5.74) is 8.65. The van der Waals surface area contributed by atoms with Crippen molar-refractivity contribution in [2.24, 2.45) is 11.7 Å². The minimum atomic E-state index is 0.0749. The summed E-state index contributed by atoms with van der Waals surface area (Å²) in [5.74, 6) is 0.851. The number of aromatic nitrogens is 1. The number of fused-ring (bicyclic) bond motifs is 1. The van der Waals surface area contributed by atoms with Crippen molar-refractivity contribution < 1.29 is 9.21 Å². The fourth-order valence-corrected chi connectivity index (χ4v) is 2.93. The number of oxazole rings is 1. The monoisotopic (exact) mass is 287 g/mol. The lowest BCUT2D eigenvalue weighted by molar-refractivity contribution is -0.124. The van der Waals surface area contributed by atoms with E-state index in [1.165, 1.54) is 0 Å². The van der Waals surface area contributed by atoms with Gasteiger partial charge in [-0.1, -0.05) is 12.1 Å². The highest BCUT2D eigenvalue weighted by molar-refractivity contribution is 5.79. The molecule has 5 heteroatoms.